The molecule has 0 N–H and O–H groups in total. The molecule has 2 aromatic carbocycles. The number of hydrogen-bond donors (Lipinski definition) is 0. The summed E-state index contributed by atoms with van der Waals surface area (Å²) in [5.41, 5.74) is 1.23. The third kappa shape index (κ3) is 3.99. The highest BCUT2D eigenvalue weighted by Gasteiger charge is 2.60. The first-order chi connectivity index (χ1) is 14.8. The second-order valence-corrected chi connectivity index (χ2v) is 10.7. The average Bonchev–Trinajstić information content (AvgIpc) is 3.06. The van der Waals surface area contributed by atoms with E-state index in [1.807, 2.05) is 36.4 Å². The van der Waals surface area contributed by atoms with Crippen LogP contribution in [0.5, 0.6) is 0 Å². The molecule has 0 atom stereocenters. The maximum absolute atomic E-state index is 6.56. The lowest BCUT2D eigenvalue weighted by molar-refractivity contribution is 0.00578. The maximum atomic E-state index is 6.56. The van der Waals surface area contributed by atoms with Gasteiger partial charge in [-0.05, 0) is 77.5 Å². The van der Waals surface area contributed by atoms with Gasteiger partial charge in [-0.3, -0.25) is 0 Å². The van der Waals surface area contributed by atoms with E-state index in [4.69, 9.17) is 18.6 Å². The molecular weight excluding hydrogens is 398 g/mol. The molecule has 2 aliphatic rings. The van der Waals surface area contributed by atoms with Crippen LogP contribution in [0.4, 0.5) is 0 Å². The van der Waals surface area contributed by atoms with Crippen LogP contribution in [0, 0.1) is 0 Å². The second-order valence-electron chi connectivity index (χ2n) is 10.7. The first kappa shape index (κ1) is 23.3. The van der Waals surface area contributed by atoms with Crippen molar-refractivity contribution in [3.8, 4) is 0 Å². The van der Waals surface area contributed by atoms with E-state index in [0.717, 1.165) is 22.1 Å². The Morgan fingerprint density at radius 2 is 0.781 bits per heavy atom. The Balaban J connectivity index is 1.96. The Bertz CT molecular complexity index is 886. The standard InChI is InChI=1S/C26H34B2O4/c1-23(2)24(3,4)30-27(29-23)22(28-31-25(5,6)26(7,8)32-28)21(19-15-11-9-12-16-19)20-17-13-10-14-18-20/h9-18H,1-8H3. The summed E-state index contributed by atoms with van der Waals surface area (Å²) >= 11 is 0. The lowest BCUT2D eigenvalue weighted by Crippen LogP contribution is -2.41. The van der Waals surface area contributed by atoms with Crippen LogP contribution in [-0.2, 0) is 18.6 Å². The van der Waals surface area contributed by atoms with Gasteiger partial charge in [0.2, 0.25) is 0 Å². The van der Waals surface area contributed by atoms with E-state index in [-0.39, 0.29) is 0 Å². The summed E-state index contributed by atoms with van der Waals surface area (Å²) in [6.45, 7) is 16.6. The van der Waals surface area contributed by atoms with Gasteiger partial charge in [0.25, 0.3) is 0 Å². The van der Waals surface area contributed by atoms with E-state index < -0.39 is 36.6 Å². The Morgan fingerprint density at radius 3 is 1.06 bits per heavy atom. The van der Waals surface area contributed by atoms with Crippen LogP contribution in [0.3, 0.4) is 0 Å². The first-order valence-electron chi connectivity index (χ1n) is 11.4. The fraction of sp³-hybridized carbons (Fsp3) is 0.462. The van der Waals surface area contributed by atoms with Crippen molar-refractivity contribution in [2.75, 3.05) is 0 Å². The molecule has 6 heteroatoms. The van der Waals surface area contributed by atoms with Gasteiger partial charge in [0.15, 0.2) is 0 Å². The van der Waals surface area contributed by atoms with Crippen molar-refractivity contribution in [1.82, 2.24) is 0 Å². The molecule has 4 rings (SSSR count). The van der Waals surface area contributed by atoms with Crippen LogP contribution in [0.25, 0.3) is 5.57 Å². The maximum Gasteiger partial charge on any atom is 0.487 e. The topological polar surface area (TPSA) is 36.9 Å². The van der Waals surface area contributed by atoms with Crippen LogP contribution in [0.2, 0.25) is 0 Å². The van der Waals surface area contributed by atoms with Gasteiger partial charge in [-0.1, -0.05) is 60.7 Å². The van der Waals surface area contributed by atoms with Crippen molar-refractivity contribution in [3.63, 3.8) is 0 Å². The molecule has 0 spiro atoms. The van der Waals surface area contributed by atoms with Crippen LogP contribution < -0.4 is 0 Å². The highest BCUT2D eigenvalue weighted by Crippen LogP contribution is 2.46. The van der Waals surface area contributed by atoms with Gasteiger partial charge in [-0.25, -0.2) is 0 Å². The van der Waals surface area contributed by atoms with E-state index in [9.17, 15) is 0 Å². The summed E-state index contributed by atoms with van der Waals surface area (Å²) in [4.78, 5) is 0. The zero-order valence-corrected chi connectivity index (χ0v) is 20.6. The minimum absolute atomic E-state index is 0.481. The van der Waals surface area contributed by atoms with Crippen LogP contribution in [-0.4, -0.2) is 36.6 Å². The molecule has 2 heterocycles. The van der Waals surface area contributed by atoms with E-state index in [1.165, 1.54) is 0 Å². The zero-order chi connectivity index (χ0) is 23.4. The number of hydrogen-bond acceptors (Lipinski definition) is 4. The first-order valence-corrected chi connectivity index (χ1v) is 11.4. The van der Waals surface area contributed by atoms with Crippen molar-refractivity contribution >= 4 is 19.8 Å². The summed E-state index contributed by atoms with van der Waals surface area (Å²) in [6, 6.07) is 20.7. The van der Waals surface area contributed by atoms with Crippen molar-refractivity contribution in [2.45, 2.75) is 77.8 Å². The van der Waals surface area contributed by atoms with Gasteiger partial charge in [0.05, 0.1) is 22.4 Å². The zero-order valence-electron chi connectivity index (χ0n) is 20.6. The molecule has 0 radical (unpaired) electrons. The Kier molecular flexibility index (Phi) is 5.74. The van der Waals surface area contributed by atoms with Crippen LogP contribution >= 0.6 is 0 Å². The van der Waals surface area contributed by atoms with Crippen LogP contribution in [0.15, 0.2) is 66.0 Å². The Labute approximate surface area is 193 Å². The molecule has 2 fully saturated rings. The monoisotopic (exact) mass is 432 g/mol. The van der Waals surface area contributed by atoms with Gasteiger partial charge in [0, 0.05) is 0 Å². The lowest BCUT2D eigenvalue weighted by Gasteiger charge is -2.32. The summed E-state index contributed by atoms with van der Waals surface area (Å²) in [5.74, 6) is 0. The van der Waals surface area contributed by atoms with E-state index >= 15 is 0 Å². The molecule has 0 unspecified atom stereocenters. The fourth-order valence-electron chi connectivity index (χ4n) is 4.00. The molecule has 32 heavy (non-hydrogen) atoms. The summed E-state index contributed by atoms with van der Waals surface area (Å²) in [5, 5.41) is 0.861. The van der Waals surface area contributed by atoms with Crippen molar-refractivity contribution < 1.29 is 18.6 Å². The molecule has 2 saturated heterocycles. The van der Waals surface area contributed by atoms with Crippen LogP contribution in [0.1, 0.15) is 66.5 Å². The number of benzene rings is 2. The van der Waals surface area contributed by atoms with Gasteiger partial charge >= 0.3 is 14.2 Å². The summed E-state index contributed by atoms with van der Waals surface area (Å²) in [6.07, 6.45) is 0. The Morgan fingerprint density at radius 1 is 0.500 bits per heavy atom. The molecule has 0 bridgehead atoms. The van der Waals surface area contributed by atoms with Gasteiger partial charge in [-0.15, -0.1) is 0 Å². The fourth-order valence-corrected chi connectivity index (χ4v) is 4.00. The molecule has 4 nitrogen and oxygen atoms in total. The largest absolute Gasteiger partial charge is 0.487 e. The van der Waals surface area contributed by atoms with Crippen molar-refractivity contribution in [1.29, 1.82) is 0 Å². The SMILES string of the molecule is CC1(C)OB(C(B2OC(C)(C)C(C)(C)O2)=C(c2ccccc2)c2ccccc2)OC1(C)C. The lowest BCUT2D eigenvalue weighted by atomic mass is 9.54. The molecule has 0 saturated carbocycles. The molecule has 0 amide bonds. The van der Waals surface area contributed by atoms with Crippen molar-refractivity contribution in [2.24, 2.45) is 0 Å². The average molecular weight is 432 g/mol. The summed E-state index contributed by atoms with van der Waals surface area (Å²) in [7, 11) is -1.21. The van der Waals surface area contributed by atoms with E-state index in [1.54, 1.807) is 0 Å². The number of rotatable bonds is 4. The van der Waals surface area contributed by atoms with Crippen molar-refractivity contribution in [3.05, 3.63) is 77.2 Å². The predicted octanol–water partition coefficient (Wildman–Crippen LogP) is 5.75. The Hall–Kier alpha value is -1.85. The summed E-state index contributed by atoms with van der Waals surface area (Å²) < 4.78 is 26.2. The molecule has 2 aromatic rings. The highest BCUT2D eigenvalue weighted by molar-refractivity contribution is 6.80. The molecule has 168 valence electrons. The molecule has 0 aromatic heterocycles. The quantitative estimate of drug-likeness (QED) is 0.577. The van der Waals surface area contributed by atoms with E-state index in [0.29, 0.717) is 0 Å². The smallest absolute Gasteiger partial charge is 0.400 e. The van der Waals surface area contributed by atoms with Gasteiger partial charge in [0.1, 0.15) is 0 Å². The molecule has 0 aliphatic carbocycles. The highest BCUT2D eigenvalue weighted by atomic mass is 16.7. The normalized spacial score (nSPS) is 22.8. The predicted molar refractivity (Wildman–Crippen MR) is 131 cm³/mol. The minimum atomic E-state index is -0.606. The minimum Gasteiger partial charge on any atom is -0.400 e. The third-order valence-electron chi connectivity index (χ3n) is 7.43. The van der Waals surface area contributed by atoms with Gasteiger partial charge in [-0.2, -0.15) is 0 Å². The second kappa shape index (κ2) is 7.88. The molecular formula is C26H34B2O4. The molecule has 2 aliphatic heterocycles. The van der Waals surface area contributed by atoms with E-state index in [2.05, 4.69) is 79.7 Å². The third-order valence-corrected chi connectivity index (χ3v) is 7.43. The van der Waals surface area contributed by atoms with Gasteiger partial charge < -0.3 is 18.6 Å².